The third-order valence-electron chi connectivity index (χ3n) is 9.94. The second kappa shape index (κ2) is 13.1. The van der Waals surface area contributed by atoms with Crippen molar-refractivity contribution in [3.8, 4) is 0 Å². The van der Waals surface area contributed by atoms with Crippen LogP contribution in [0.4, 0.5) is 14.6 Å². The summed E-state index contributed by atoms with van der Waals surface area (Å²) in [4.78, 5) is 52.6. The Balaban J connectivity index is 0.979. The van der Waals surface area contributed by atoms with Crippen molar-refractivity contribution in [1.82, 2.24) is 24.4 Å². The van der Waals surface area contributed by atoms with Crippen LogP contribution in [-0.4, -0.2) is 67.1 Å². The number of hydrogen-bond acceptors (Lipinski definition) is 7. The Morgan fingerprint density at radius 3 is 2.71 bits per heavy atom. The summed E-state index contributed by atoms with van der Waals surface area (Å²) in [6, 6.07) is 11.3. The highest BCUT2D eigenvalue weighted by atomic mass is 35.5. The Bertz CT molecular complexity index is 2110. The summed E-state index contributed by atoms with van der Waals surface area (Å²) < 4.78 is 39.2. The number of carbonyl (C=O) groups excluding carboxylic acids is 1. The molecule has 2 aliphatic heterocycles. The number of aromatic amines is 1. The van der Waals surface area contributed by atoms with Crippen LogP contribution in [0.3, 0.4) is 0 Å². The van der Waals surface area contributed by atoms with Gasteiger partial charge in [-0.2, -0.15) is 8.78 Å². The first-order valence-corrected chi connectivity index (χ1v) is 17.1. The Hall–Kier alpha value is -4.52. The Morgan fingerprint density at radius 2 is 1.92 bits per heavy atom. The molecule has 0 spiro atoms. The van der Waals surface area contributed by atoms with Crippen molar-refractivity contribution >= 4 is 62.4 Å². The number of nitrogens with zero attached hydrogens (tertiary/aromatic N) is 5. The normalized spacial score (nSPS) is 20.2. The number of benzene rings is 2. The highest BCUT2D eigenvalue weighted by Crippen LogP contribution is 2.40. The predicted molar refractivity (Wildman–Crippen MR) is 181 cm³/mol. The first-order valence-electron chi connectivity index (χ1n) is 16.8. The molecule has 11 nitrogen and oxygen atoms in total. The number of nitrogens with one attached hydrogen (secondary N) is 1. The van der Waals surface area contributed by atoms with Gasteiger partial charge in [0.25, 0.3) is 0 Å². The predicted octanol–water partition coefficient (Wildman–Crippen LogP) is 6.88. The highest BCUT2D eigenvalue weighted by molar-refractivity contribution is 6.31. The van der Waals surface area contributed by atoms with E-state index in [1.165, 1.54) is 4.90 Å². The number of hydrogen-bond donors (Lipinski definition) is 2. The maximum Gasteiger partial charge on any atom is 0.326 e. The highest BCUT2D eigenvalue weighted by Gasteiger charge is 2.39. The number of fused-ring (bicyclic) bond motifs is 4. The molecule has 2 aliphatic rings. The van der Waals surface area contributed by atoms with Gasteiger partial charge in [0.2, 0.25) is 11.7 Å². The molecule has 5 heterocycles. The Morgan fingerprint density at radius 1 is 1.10 bits per heavy atom. The van der Waals surface area contributed by atoms with Crippen LogP contribution < -0.4 is 10.6 Å². The summed E-state index contributed by atoms with van der Waals surface area (Å²) in [7, 11) is 0. The fourth-order valence-electron chi connectivity index (χ4n) is 7.45. The van der Waals surface area contributed by atoms with Crippen molar-refractivity contribution < 1.29 is 27.9 Å². The minimum absolute atomic E-state index is 0.0213. The number of rotatable bonds is 10. The molecule has 5 aromatic rings. The number of piperidine rings is 1. The number of imidazole rings is 1. The van der Waals surface area contributed by atoms with E-state index in [9.17, 15) is 19.5 Å². The number of aliphatic carboxylic acids is 1. The van der Waals surface area contributed by atoms with Crippen molar-refractivity contribution in [3.05, 3.63) is 63.8 Å². The number of carboxylic acids is 1. The van der Waals surface area contributed by atoms with Crippen molar-refractivity contribution in [3.63, 3.8) is 0 Å². The van der Waals surface area contributed by atoms with Gasteiger partial charge in [-0.05, 0) is 68.4 Å². The van der Waals surface area contributed by atoms with Gasteiger partial charge in [0.15, 0.2) is 11.4 Å². The third-order valence-corrected chi connectivity index (χ3v) is 10.2. The number of likely N-dealkylation sites (tertiary alicyclic amines) is 1. The fraction of sp³-hybridized carbons (Fsp3) is 0.457. The lowest BCUT2D eigenvalue weighted by Gasteiger charge is -2.37. The molecule has 0 radical (unpaired) electrons. The smallest absolute Gasteiger partial charge is 0.326 e. The molecule has 258 valence electrons. The van der Waals surface area contributed by atoms with Gasteiger partial charge >= 0.3 is 17.6 Å². The molecule has 0 unspecified atom stereocenters. The number of carboxylic acid groups (broad SMARTS) is 1. The molecule has 3 atom stereocenters. The van der Waals surface area contributed by atoms with E-state index in [2.05, 4.69) is 15.0 Å². The summed E-state index contributed by atoms with van der Waals surface area (Å²) in [5, 5.41) is 10.9. The summed E-state index contributed by atoms with van der Waals surface area (Å²) in [6.45, 7) is 3.36. The van der Waals surface area contributed by atoms with Crippen molar-refractivity contribution in [2.45, 2.75) is 76.3 Å². The molecule has 3 aromatic heterocycles. The number of amides is 1. The van der Waals surface area contributed by atoms with Gasteiger partial charge < -0.3 is 24.3 Å². The van der Waals surface area contributed by atoms with Crippen LogP contribution in [0.1, 0.15) is 70.2 Å². The molecule has 2 saturated heterocycles. The Labute approximate surface area is 284 Å². The minimum Gasteiger partial charge on any atom is -0.480 e. The first kappa shape index (κ1) is 33.0. The van der Waals surface area contributed by atoms with Gasteiger partial charge in [-0.3, -0.25) is 9.36 Å². The van der Waals surface area contributed by atoms with Crippen LogP contribution in [0.2, 0.25) is 5.02 Å². The number of alkyl halides is 2. The lowest BCUT2D eigenvalue weighted by molar-refractivity contribution is -0.138. The van der Waals surface area contributed by atoms with Gasteiger partial charge in [0, 0.05) is 48.9 Å². The zero-order chi connectivity index (χ0) is 34.4. The number of aromatic nitrogens is 4. The molecular formula is C35H37ClF2N6O5. The SMILES string of the molecule is C[C@H]1CN(C(=O)CCCCCC(F)(F)c2nc(N3CCC[C@H]3C(=O)O)c3oc4ccccc4c3n2)CC[C@@H]1n1c(=O)[nH]c2ccc(Cl)cc21. The number of anilines is 1. The lowest BCUT2D eigenvalue weighted by atomic mass is 9.93. The van der Waals surface area contributed by atoms with E-state index in [1.807, 2.05) is 6.92 Å². The molecule has 49 heavy (non-hydrogen) atoms. The van der Waals surface area contributed by atoms with E-state index in [1.54, 1.807) is 51.9 Å². The van der Waals surface area contributed by atoms with Crippen molar-refractivity contribution in [2.75, 3.05) is 24.5 Å². The molecule has 2 aromatic carbocycles. The van der Waals surface area contributed by atoms with E-state index in [4.69, 9.17) is 16.0 Å². The average Bonchev–Trinajstić information content (AvgIpc) is 3.79. The minimum atomic E-state index is -3.38. The molecule has 7 rings (SSSR count). The maximum absolute atomic E-state index is 15.7. The van der Waals surface area contributed by atoms with Crippen LogP contribution in [0.25, 0.3) is 33.1 Å². The van der Waals surface area contributed by atoms with Crippen LogP contribution in [-0.2, 0) is 15.5 Å². The molecule has 2 N–H and O–H groups in total. The molecule has 0 aliphatic carbocycles. The van der Waals surface area contributed by atoms with Gasteiger partial charge in [-0.1, -0.05) is 37.1 Å². The van der Waals surface area contributed by atoms with E-state index in [0.29, 0.717) is 73.2 Å². The molecular weight excluding hydrogens is 658 g/mol. The molecule has 14 heteroatoms. The number of carbonyl (C=O) groups is 2. The number of unbranched alkanes of at least 4 members (excludes halogenated alkanes) is 2. The number of furan rings is 1. The second-order valence-electron chi connectivity index (χ2n) is 13.2. The van der Waals surface area contributed by atoms with Crippen LogP contribution >= 0.6 is 11.6 Å². The Kier molecular flexibility index (Phi) is 8.80. The van der Waals surface area contributed by atoms with Crippen molar-refractivity contribution in [1.29, 1.82) is 0 Å². The van der Waals surface area contributed by atoms with Crippen molar-refractivity contribution in [2.24, 2.45) is 5.92 Å². The largest absolute Gasteiger partial charge is 0.480 e. The lowest BCUT2D eigenvalue weighted by Crippen LogP contribution is -2.44. The van der Waals surface area contributed by atoms with Gasteiger partial charge in [0.05, 0.1) is 11.0 Å². The maximum atomic E-state index is 15.7. The van der Waals surface area contributed by atoms with Crippen LogP contribution in [0.5, 0.6) is 0 Å². The third kappa shape index (κ3) is 6.24. The monoisotopic (exact) mass is 694 g/mol. The number of halogens is 3. The molecule has 1 amide bonds. The number of H-pyrrole nitrogens is 1. The van der Waals surface area contributed by atoms with Crippen LogP contribution in [0, 0.1) is 5.92 Å². The van der Waals surface area contributed by atoms with Crippen LogP contribution in [0.15, 0.2) is 51.7 Å². The summed E-state index contributed by atoms with van der Waals surface area (Å²) in [6.07, 6.45) is 2.31. The van der Waals surface area contributed by atoms with E-state index < -0.39 is 30.2 Å². The zero-order valence-electron chi connectivity index (χ0n) is 27.0. The molecule has 0 bridgehead atoms. The summed E-state index contributed by atoms with van der Waals surface area (Å²) in [5.74, 6) is -5.03. The summed E-state index contributed by atoms with van der Waals surface area (Å²) in [5.41, 5.74) is 2.14. The first-order chi connectivity index (χ1) is 23.5. The van der Waals surface area contributed by atoms with E-state index in [0.717, 1.165) is 5.52 Å². The van der Waals surface area contributed by atoms with E-state index >= 15 is 8.78 Å². The van der Waals surface area contributed by atoms with E-state index in [-0.39, 0.29) is 53.3 Å². The van der Waals surface area contributed by atoms with Gasteiger partial charge in [0.1, 0.15) is 17.1 Å². The topological polar surface area (TPSA) is 138 Å². The van der Waals surface area contributed by atoms with Gasteiger partial charge in [-0.25, -0.2) is 19.6 Å². The summed E-state index contributed by atoms with van der Waals surface area (Å²) >= 11 is 6.19. The standard InChI is InChI=1S/C35H37ClF2N6O5/c1-20-19-42(17-14-24(20)44-26-18-21(36)12-13-23(26)39-34(44)48)28(45)11-3-2-6-15-35(37,38)33-40-29-22-8-4-5-10-27(22)49-30(29)31(41-33)43-16-7-9-25(43)32(46)47/h4-5,8,10,12-13,18,20,24-25H,2-3,6-7,9,11,14-17,19H2,1H3,(H,39,48)(H,46,47)/t20-,24-,25-/m0/s1. The average molecular weight is 695 g/mol. The fourth-order valence-corrected chi connectivity index (χ4v) is 7.62. The number of para-hydroxylation sites is 1. The second-order valence-corrected chi connectivity index (χ2v) is 13.7. The zero-order valence-corrected chi connectivity index (χ0v) is 27.8. The molecule has 2 fully saturated rings. The molecule has 0 saturated carbocycles. The van der Waals surface area contributed by atoms with Gasteiger partial charge in [-0.15, -0.1) is 0 Å². The quantitative estimate of drug-likeness (QED) is 0.151.